The first-order chi connectivity index (χ1) is 5.20. The second-order valence-corrected chi connectivity index (χ2v) is 2.50. The molecule has 4 heteroatoms. The van der Waals surface area contributed by atoms with Gasteiger partial charge in [0, 0.05) is 19.1 Å². The average molecular weight is 159 g/mol. The van der Waals surface area contributed by atoms with Gasteiger partial charge in [0.15, 0.2) is 0 Å². The number of hydrogen-bond donors (Lipinski definition) is 3. The van der Waals surface area contributed by atoms with E-state index >= 15 is 0 Å². The lowest BCUT2D eigenvalue weighted by Gasteiger charge is -2.11. The predicted molar refractivity (Wildman–Crippen MR) is 45.3 cm³/mol. The molecule has 0 fully saturated rings. The molecule has 0 aromatic heterocycles. The van der Waals surface area contributed by atoms with Gasteiger partial charge in [-0.1, -0.05) is 6.92 Å². The second-order valence-electron chi connectivity index (χ2n) is 2.50. The van der Waals surface area contributed by atoms with Crippen LogP contribution in [-0.2, 0) is 0 Å². The van der Waals surface area contributed by atoms with E-state index in [9.17, 15) is 4.79 Å². The van der Waals surface area contributed by atoms with Crippen molar-refractivity contribution in [1.82, 2.24) is 10.6 Å². The Labute approximate surface area is 67.5 Å². The summed E-state index contributed by atoms with van der Waals surface area (Å²) in [6.07, 6.45) is 0.941. The maximum Gasteiger partial charge on any atom is 0.315 e. The van der Waals surface area contributed by atoms with Gasteiger partial charge in [0.25, 0.3) is 0 Å². The second kappa shape index (κ2) is 5.97. The first-order valence-electron chi connectivity index (χ1n) is 3.95. The molecule has 0 aromatic carbocycles. The molecule has 0 aliphatic carbocycles. The van der Waals surface area contributed by atoms with Crippen LogP contribution >= 0.6 is 0 Å². The van der Waals surface area contributed by atoms with Crippen molar-refractivity contribution < 1.29 is 4.79 Å². The van der Waals surface area contributed by atoms with Crippen molar-refractivity contribution in [3.8, 4) is 0 Å². The van der Waals surface area contributed by atoms with Crippen molar-refractivity contribution in [1.29, 1.82) is 0 Å². The van der Waals surface area contributed by atoms with Gasteiger partial charge in [-0.3, -0.25) is 0 Å². The molecule has 0 heterocycles. The van der Waals surface area contributed by atoms with Crippen LogP contribution in [0, 0.1) is 0 Å². The normalized spacial score (nSPS) is 12.3. The Morgan fingerprint density at radius 3 is 2.73 bits per heavy atom. The molecule has 0 bridgehead atoms. The highest BCUT2D eigenvalue weighted by atomic mass is 16.2. The molecule has 66 valence electrons. The third kappa shape index (κ3) is 5.66. The van der Waals surface area contributed by atoms with Crippen LogP contribution < -0.4 is 16.4 Å². The van der Waals surface area contributed by atoms with Crippen molar-refractivity contribution in [2.24, 2.45) is 5.73 Å². The number of rotatable bonds is 4. The molecule has 0 aliphatic heterocycles. The Bertz CT molecular complexity index is 116. The minimum atomic E-state index is -0.134. The topological polar surface area (TPSA) is 67.2 Å². The number of hydrogen-bond acceptors (Lipinski definition) is 2. The number of nitrogens with one attached hydrogen (secondary N) is 2. The van der Waals surface area contributed by atoms with E-state index < -0.39 is 0 Å². The van der Waals surface area contributed by atoms with Gasteiger partial charge < -0.3 is 16.4 Å². The number of carbonyl (C=O) groups excluding carboxylic acids is 1. The van der Waals surface area contributed by atoms with Crippen molar-refractivity contribution in [2.45, 2.75) is 26.3 Å². The summed E-state index contributed by atoms with van der Waals surface area (Å²) in [5, 5.41) is 5.38. The van der Waals surface area contributed by atoms with Gasteiger partial charge in [-0.2, -0.15) is 0 Å². The highest BCUT2D eigenvalue weighted by molar-refractivity contribution is 5.74. The molecule has 0 aliphatic rings. The summed E-state index contributed by atoms with van der Waals surface area (Å²) >= 11 is 0. The van der Waals surface area contributed by atoms with Gasteiger partial charge in [0.2, 0.25) is 0 Å². The zero-order valence-corrected chi connectivity index (χ0v) is 7.18. The number of amides is 2. The fourth-order valence-electron chi connectivity index (χ4n) is 0.563. The van der Waals surface area contributed by atoms with E-state index in [4.69, 9.17) is 5.73 Å². The van der Waals surface area contributed by atoms with E-state index in [0.29, 0.717) is 13.1 Å². The van der Waals surface area contributed by atoms with Gasteiger partial charge in [-0.25, -0.2) is 4.79 Å². The monoisotopic (exact) mass is 159 g/mol. The zero-order valence-electron chi connectivity index (χ0n) is 7.18. The summed E-state index contributed by atoms with van der Waals surface area (Å²) in [4.78, 5) is 10.9. The predicted octanol–water partition coefficient (Wildman–Crippen LogP) is 0.0428. The minimum absolute atomic E-state index is 0.134. The SMILES string of the molecule is CCC(C)NC(=O)NCCN. The molecule has 11 heavy (non-hydrogen) atoms. The summed E-state index contributed by atoms with van der Waals surface area (Å²) in [5.74, 6) is 0. The molecular formula is C7H17N3O. The lowest BCUT2D eigenvalue weighted by atomic mass is 10.3. The van der Waals surface area contributed by atoms with Crippen molar-refractivity contribution >= 4 is 6.03 Å². The van der Waals surface area contributed by atoms with E-state index in [2.05, 4.69) is 10.6 Å². The lowest BCUT2D eigenvalue weighted by Crippen LogP contribution is -2.42. The third-order valence-electron chi connectivity index (χ3n) is 1.42. The highest BCUT2D eigenvalue weighted by Gasteiger charge is 2.02. The van der Waals surface area contributed by atoms with E-state index in [1.54, 1.807) is 0 Å². The quantitative estimate of drug-likeness (QED) is 0.542. The molecule has 0 saturated heterocycles. The van der Waals surface area contributed by atoms with Gasteiger partial charge >= 0.3 is 6.03 Å². The summed E-state index contributed by atoms with van der Waals surface area (Å²) in [6, 6.07) is 0.0950. The summed E-state index contributed by atoms with van der Waals surface area (Å²) in [7, 11) is 0. The number of nitrogens with two attached hydrogens (primary N) is 1. The Morgan fingerprint density at radius 2 is 2.27 bits per heavy atom. The molecule has 0 spiro atoms. The molecule has 4 N–H and O–H groups in total. The molecule has 0 rings (SSSR count). The Balaban J connectivity index is 3.36. The summed E-state index contributed by atoms with van der Waals surface area (Å²) < 4.78 is 0. The number of carbonyl (C=O) groups is 1. The van der Waals surface area contributed by atoms with Crippen LogP contribution in [0.2, 0.25) is 0 Å². The molecule has 0 radical (unpaired) electrons. The van der Waals surface area contributed by atoms with E-state index in [1.807, 2.05) is 13.8 Å². The standard InChI is InChI=1S/C7H17N3O/c1-3-6(2)10-7(11)9-5-4-8/h6H,3-5,8H2,1-2H3,(H2,9,10,11). The van der Waals surface area contributed by atoms with E-state index in [-0.39, 0.29) is 12.1 Å². The molecular weight excluding hydrogens is 142 g/mol. The van der Waals surface area contributed by atoms with Crippen LogP contribution in [0.3, 0.4) is 0 Å². The van der Waals surface area contributed by atoms with Gasteiger partial charge in [0.1, 0.15) is 0 Å². The largest absolute Gasteiger partial charge is 0.337 e. The molecule has 2 amide bonds. The third-order valence-corrected chi connectivity index (χ3v) is 1.42. The lowest BCUT2D eigenvalue weighted by molar-refractivity contribution is 0.238. The van der Waals surface area contributed by atoms with Crippen LogP contribution in [0.4, 0.5) is 4.79 Å². The molecule has 0 aromatic rings. The average Bonchev–Trinajstić information content (AvgIpc) is 2.00. The minimum Gasteiger partial charge on any atom is -0.337 e. The van der Waals surface area contributed by atoms with Crippen molar-refractivity contribution in [2.75, 3.05) is 13.1 Å². The zero-order chi connectivity index (χ0) is 8.69. The number of urea groups is 1. The van der Waals surface area contributed by atoms with Gasteiger partial charge in [0.05, 0.1) is 0 Å². The van der Waals surface area contributed by atoms with Crippen molar-refractivity contribution in [3.63, 3.8) is 0 Å². The van der Waals surface area contributed by atoms with E-state index in [0.717, 1.165) is 6.42 Å². The van der Waals surface area contributed by atoms with Crippen LogP contribution in [0.5, 0.6) is 0 Å². The molecule has 1 unspecified atom stereocenters. The van der Waals surface area contributed by atoms with Gasteiger partial charge in [-0.05, 0) is 13.3 Å². The highest BCUT2D eigenvalue weighted by Crippen LogP contribution is 1.85. The maximum absolute atomic E-state index is 10.9. The van der Waals surface area contributed by atoms with Crippen LogP contribution in [0.1, 0.15) is 20.3 Å². The Kier molecular flexibility index (Phi) is 5.56. The Morgan fingerprint density at radius 1 is 1.64 bits per heavy atom. The first-order valence-corrected chi connectivity index (χ1v) is 3.95. The summed E-state index contributed by atoms with van der Waals surface area (Å²) in [5.41, 5.74) is 5.20. The fraction of sp³-hybridized carbons (Fsp3) is 0.857. The van der Waals surface area contributed by atoms with Crippen LogP contribution in [0.25, 0.3) is 0 Å². The fourth-order valence-corrected chi connectivity index (χ4v) is 0.563. The van der Waals surface area contributed by atoms with Crippen LogP contribution in [0.15, 0.2) is 0 Å². The first kappa shape index (κ1) is 10.2. The molecule has 4 nitrogen and oxygen atoms in total. The smallest absolute Gasteiger partial charge is 0.315 e. The van der Waals surface area contributed by atoms with Crippen LogP contribution in [-0.4, -0.2) is 25.2 Å². The van der Waals surface area contributed by atoms with Gasteiger partial charge in [-0.15, -0.1) is 0 Å². The Hall–Kier alpha value is -0.770. The summed E-state index contributed by atoms with van der Waals surface area (Å²) in [6.45, 7) is 4.99. The van der Waals surface area contributed by atoms with E-state index in [1.165, 1.54) is 0 Å². The molecule has 1 atom stereocenters. The van der Waals surface area contributed by atoms with Crippen molar-refractivity contribution in [3.05, 3.63) is 0 Å². The molecule has 0 saturated carbocycles. The maximum atomic E-state index is 10.9.